The lowest BCUT2D eigenvalue weighted by Gasteiger charge is -2.39. The van der Waals surface area contributed by atoms with Crippen molar-refractivity contribution in [1.29, 1.82) is 0 Å². The number of benzene rings is 2. The van der Waals surface area contributed by atoms with E-state index >= 15 is 0 Å². The van der Waals surface area contributed by atoms with Gasteiger partial charge in [0.05, 0.1) is 10.3 Å². The standard InChI is InChI=1S/C32H41N3O4S/c1-40(38,39)28-12-10-24(11-13-28)20-34-19-16-32(31(34)37)14-17-33(18-15-32)21-27-22-35(30(36)26-8-5-9-26)23-29(27)25-6-3-2-4-7-25/h2-4,6-7,10-13,26-27,29H,5,8-9,14-23H2,1H3/t27-,29+/m0/s1. The number of piperidine rings is 1. The van der Waals surface area contributed by atoms with Gasteiger partial charge in [-0.15, -0.1) is 0 Å². The molecule has 0 N–H and O–H groups in total. The van der Waals surface area contributed by atoms with Crippen molar-refractivity contribution in [3.63, 3.8) is 0 Å². The van der Waals surface area contributed by atoms with Crippen LogP contribution in [0.4, 0.5) is 0 Å². The van der Waals surface area contributed by atoms with Crippen LogP contribution in [0.3, 0.4) is 0 Å². The van der Waals surface area contributed by atoms with Crippen molar-refractivity contribution in [3.8, 4) is 0 Å². The normalized spacial score (nSPS) is 25.5. The van der Waals surface area contributed by atoms with E-state index in [0.717, 1.165) is 76.9 Å². The zero-order valence-electron chi connectivity index (χ0n) is 23.5. The highest BCUT2D eigenvalue weighted by molar-refractivity contribution is 7.90. The lowest BCUT2D eigenvalue weighted by Crippen LogP contribution is -2.46. The Labute approximate surface area is 238 Å². The monoisotopic (exact) mass is 563 g/mol. The van der Waals surface area contributed by atoms with Crippen LogP contribution in [0.1, 0.15) is 55.6 Å². The van der Waals surface area contributed by atoms with Crippen molar-refractivity contribution in [3.05, 3.63) is 65.7 Å². The number of carbonyl (C=O) groups is 2. The molecule has 214 valence electrons. The third-order valence-corrected chi connectivity index (χ3v) is 11.2. The molecule has 1 saturated carbocycles. The Morgan fingerprint density at radius 3 is 2.23 bits per heavy atom. The van der Waals surface area contributed by atoms with Crippen LogP contribution in [-0.4, -0.2) is 80.5 Å². The zero-order chi connectivity index (χ0) is 27.9. The highest BCUT2D eigenvalue weighted by atomic mass is 32.2. The molecule has 40 heavy (non-hydrogen) atoms. The number of likely N-dealkylation sites (tertiary alicyclic amines) is 3. The van der Waals surface area contributed by atoms with Crippen molar-refractivity contribution in [1.82, 2.24) is 14.7 Å². The van der Waals surface area contributed by atoms with Crippen molar-refractivity contribution >= 4 is 21.7 Å². The summed E-state index contributed by atoms with van der Waals surface area (Å²) in [6, 6.07) is 17.6. The van der Waals surface area contributed by atoms with Crippen LogP contribution in [0.25, 0.3) is 0 Å². The number of rotatable bonds is 7. The van der Waals surface area contributed by atoms with Crippen LogP contribution in [0, 0.1) is 17.3 Å². The van der Waals surface area contributed by atoms with E-state index in [-0.39, 0.29) is 17.2 Å². The summed E-state index contributed by atoms with van der Waals surface area (Å²) in [5.74, 6) is 1.61. The van der Waals surface area contributed by atoms with Gasteiger partial charge in [0.1, 0.15) is 0 Å². The molecule has 7 nitrogen and oxygen atoms in total. The van der Waals surface area contributed by atoms with E-state index in [1.807, 2.05) is 17.0 Å². The van der Waals surface area contributed by atoms with Gasteiger partial charge in [0.2, 0.25) is 11.8 Å². The Morgan fingerprint density at radius 2 is 1.60 bits per heavy atom. The molecule has 2 aromatic rings. The minimum Gasteiger partial charge on any atom is -0.341 e. The molecule has 2 aromatic carbocycles. The number of hydrogen-bond acceptors (Lipinski definition) is 5. The first kappa shape index (κ1) is 27.5. The van der Waals surface area contributed by atoms with E-state index in [2.05, 4.69) is 40.1 Å². The largest absolute Gasteiger partial charge is 0.341 e. The molecule has 3 heterocycles. The predicted octanol–water partition coefficient (Wildman–Crippen LogP) is 3.95. The molecule has 2 atom stereocenters. The molecule has 4 aliphatic rings. The fraction of sp³-hybridized carbons (Fsp3) is 0.562. The molecule has 1 aliphatic carbocycles. The first-order valence-corrected chi connectivity index (χ1v) is 16.8. The molecule has 8 heteroatoms. The maximum absolute atomic E-state index is 13.6. The van der Waals surface area contributed by atoms with Gasteiger partial charge in [-0.25, -0.2) is 8.42 Å². The van der Waals surface area contributed by atoms with E-state index in [4.69, 9.17) is 0 Å². The van der Waals surface area contributed by atoms with E-state index in [1.54, 1.807) is 12.1 Å². The fourth-order valence-corrected chi connectivity index (χ4v) is 7.92. The molecule has 3 saturated heterocycles. The summed E-state index contributed by atoms with van der Waals surface area (Å²) in [5, 5.41) is 0. The molecule has 4 fully saturated rings. The van der Waals surface area contributed by atoms with Gasteiger partial charge in [-0.2, -0.15) is 0 Å². The second-order valence-electron chi connectivity index (χ2n) is 12.6. The van der Waals surface area contributed by atoms with E-state index < -0.39 is 9.84 Å². The Morgan fingerprint density at radius 1 is 0.925 bits per heavy atom. The summed E-state index contributed by atoms with van der Waals surface area (Å²) < 4.78 is 23.5. The molecule has 0 bridgehead atoms. The summed E-state index contributed by atoms with van der Waals surface area (Å²) in [7, 11) is -3.23. The minimum absolute atomic E-state index is 0.235. The maximum atomic E-state index is 13.6. The third kappa shape index (κ3) is 5.45. The first-order chi connectivity index (χ1) is 19.2. The fourth-order valence-electron chi connectivity index (χ4n) is 7.29. The molecule has 1 spiro atoms. The molecule has 0 aromatic heterocycles. The lowest BCUT2D eigenvalue weighted by molar-refractivity contribution is -0.139. The average molecular weight is 564 g/mol. The Kier molecular flexibility index (Phi) is 7.51. The van der Waals surface area contributed by atoms with Gasteiger partial charge in [0, 0.05) is 50.8 Å². The van der Waals surface area contributed by atoms with E-state index in [0.29, 0.717) is 29.2 Å². The van der Waals surface area contributed by atoms with Crippen LogP contribution >= 0.6 is 0 Å². The summed E-state index contributed by atoms with van der Waals surface area (Å²) >= 11 is 0. The van der Waals surface area contributed by atoms with Gasteiger partial charge in [-0.1, -0.05) is 48.9 Å². The van der Waals surface area contributed by atoms with Crippen LogP contribution < -0.4 is 0 Å². The Balaban J connectivity index is 1.07. The molecule has 3 aliphatic heterocycles. The van der Waals surface area contributed by atoms with Crippen LogP contribution in [0.2, 0.25) is 0 Å². The highest BCUT2D eigenvalue weighted by Crippen LogP contribution is 2.43. The number of sulfone groups is 1. The van der Waals surface area contributed by atoms with Crippen molar-refractivity contribution in [2.45, 2.75) is 55.9 Å². The quantitative estimate of drug-likeness (QED) is 0.510. The summed E-state index contributed by atoms with van der Waals surface area (Å²) in [6.45, 7) is 5.73. The molecular weight excluding hydrogens is 522 g/mol. The molecular formula is C32H41N3O4S. The SMILES string of the molecule is CS(=O)(=O)c1ccc(CN2CCC3(CCN(C[C@H]4CN(C(=O)C5CCC5)C[C@@H]4c4ccccc4)CC3)C2=O)cc1. The van der Waals surface area contributed by atoms with E-state index in [1.165, 1.54) is 18.2 Å². The lowest BCUT2D eigenvalue weighted by atomic mass is 9.76. The van der Waals surface area contributed by atoms with Gasteiger partial charge in [0.25, 0.3) is 0 Å². The maximum Gasteiger partial charge on any atom is 0.229 e. The number of carbonyl (C=O) groups excluding carboxylic acids is 2. The van der Waals surface area contributed by atoms with Gasteiger partial charge in [-0.3, -0.25) is 9.59 Å². The number of hydrogen-bond donors (Lipinski definition) is 0. The van der Waals surface area contributed by atoms with Crippen molar-refractivity contribution in [2.24, 2.45) is 17.3 Å². The first-order valence-electron chi connectivity index (χ1n) is 14.9. The average Bonchev–Trinajstić information content (AvgIpc) is 3.47. The zero-order valence-corrected chi connectivity index (χ0v) is 24.3. The van der Waals surface area contributed by atoms with Crippen LogP contribution in [0.15, 0.2) is 59.5 Å². The van der Waals surface area contributed by atoms with E-state index in [9.17, 15) is 18.0 Å². The third-order valence-electron chi connectivity index (χ3n) is 10.1. The predicted molar refractivity (Wildman–Crippen MR) is 154 cm³/mol. The van der Waals surface area contributed by atoms with Gasteiger partial charge >= 0.3 is 0 Å². The summed E-state index contributed by atoms with van der Waals surface area (Å²) in [6.07, 6.45) is 7.12. The molecule has 2 amide bonds. The summed E-state index contributed by atoms with van der Waals surface area (Å²) in [4.78, 5) is 33.6. The molecule has 0 unspecified atom stereocenters. The van der Waals surface area contributed by atoms with Crippen molar-refractivity contribution in [2.75, 3.05) is 45.5 Å². The number of amides is 2. The molecule has 6 rings (SSSR count). The number of nitrogens with zero attached hydrogens (tertiary/aromatic N) is 3. The Bertz CT molecular complexity index is 1330. The topological polar surface area (TPSA) is 78.0 Å². The van der Waals surface area contributed by atoms with Crippen LogP contribution in [-0.2, 0) is 26.0 Å². The van der Waals surface area contributed by atoms with Crippen molar-refractivity contribution < 1.29 is 18.0 Å². The smallest absolute Gasteiger partial charge is 0.229 e. The summed E-state index contributed by atoms with van der Waals surface area (Å²) in [5.41, 5.74) is 2.02. The van der Waals surface area contributed by atoms with Gasteiger partial charge in [-0.05, 0) is 74.4 Å². The van der Waals surface area contributed by atoms with Gasteiger partial charge < -0.3 is 14.7 Å². The molecule has 0 radical (unpaired) electrons. The van der Waals surface area contributed by atoms with Gasteiger partial charge in [0.15, 0.2) is 9.84 Å². The highest BCUT2D eigenvalue weighted by Gasteiger charge is 2.48. The Hall–Kier alpha value is -2.71. The second kappa shape index (κ2) is 10.9. The minimum atomic E-state index is -3.23. The van der Waals surface area contributed by atoms with Crippen LogP contribution in [0.5, 0.6) is 0 Å². The second-order valence-corrected chi connectivity index (χ2v) is 14.6.